The van der Waals surface area contributed by atoms with Gasteiger partial charge in [0, 0.05) is 44.1 Å². The largest absolute Gasteiger partial charge is 0.368 e. The molecule has 126 valence electrons. The third-order valence-electron chi connectivity index (χ3n) is 5.05. The molecule has 1 saturated heterocycles. The molecule has 0 bridgehead atoms. The molecular formula is C19H25N5. The SMILES string of the molecule is c1ccc(N2CCN(c3ccnc(NC4CCCC4)n3)CC2)cc1. The molecule has 2 aliphatic rings. The molecule has 0 unspecified atom stereocenters. The second-order valence-electron chi connectivity index (χ2n) is 6.67. The molecule has 0 radical (unpaired) electrons. The van der Waals surface area contributed by atoms with Gasteiger partial charge in [0.1, 0.15) is 5.82 Å². The number of aromatic nitrogens is 2. The first-order valence-electron chi connectivity index (χ1n) is 9.03. The zero-order valence-corrected chi connectivity index (χ0v) is 14.1. The molecule has 1 N–H and O–H groups in total. The van der Waals surface area contributed by atoms with Gasteiger partial charge in [0.2, 0.25) is 5.95 Å². The second kappa shape index (κ2) is 7.07. The minimum absolute atomic E-state index is 0.551. The summed E-state index contributed by atoms with van der Waals surface area (Å²) in [6, 6.07) is 13.2. The first-order valence-corrected chi connectivity index (χ1v) is 9.03. The highest BCUT2D eigenvalue weighted by atomic mass is 15.3. The van der Waals surface area contributed by atoms with Gasteiger partial charge < -0.3 is 15.1 Å². The predicted molar refractivity (Wildman–Crippen MR) is 98.8 cm³/mol. The van der Waals surface area contributed by atoms with Crippen LogP contribution in [0.5, 0.6) is 0 Å². The molecule has 4 rings (SSSR count). The first kappa shape index (κ1) is 15.2. The highest BCUT2D eigenvalue weighted by Crippen LogP contribution is 2.22. The van der Waals surface area contributed by atoms with E-state index in [1.165, 1.54) is 31.4 Å². The first-order chi connectivity index (χ1) is 11.9. The lowest BCUT2D eigenvalue weighted by atomic mass is 10.2. The quantitative estimate of drug-likeness (QED) is 0.936. The van der Waals surface area contributed by atoms with Crippen LogP contribution in [0, 0.1) is 0 Å². The molecule has 5 nitrogen and oxygen atoms in total. The molecule has 1 aromatic heterocycles. The van der Waals surface area contributed by atoms with E-state index in [1.54, 1.807) is 0 Å². The molecule has 1 aliphatic carbocycles. The van der Waals surface area contributed by atoms with E-state index in [9.17, 15) is 0 Å². The molecule has 0 spiro atoms. The van der Waals surface area contributed by atoms with Crippen molar-refractivity contribution < 1.29 is 0 Å². The molecule has 2 aromatic rings. The molecule has 2 heterocycles. The highest BCUT2D eigenvalue weighted by Gasteiger charge is 2.20. The number of anilines is 3. The van der Waals surface area contributed by atoms with Gasteiger partial charge in [-0.2, -0.15) is 4.98 Å². The van der Waals surface area contributed by atoms with E-state index in [0.29, 0.717) is 6.04 Å². The van der Waals surface area contributed by atoms with E-state index >= 15 is 0 Å². The standard InChI is InChI=1S/C19H25N5/c1-2-8-17(9-3-1)23-12-14-24(15-13-23)18-10-11-20-19(22-18)21-16-6-4-5-7-16/h1-3,8-11,16H,4-7,12-15H2,(H,20,21,22). The van der Waals surface area contributed by atoms with Crippen LogP contribution in [0.2, 0.25) is 0 Å². The minimum Gasteiger partial charge on any atom is -0.368 e. The van der Waals surface area contributed by atoms with E-state index < -0.39 is 0 Å². The van der Waals surface area contributed by atoms with E-state index in [4.69, 9.17) is 4.98 Å². The fraction of sp³-hybridized carbons (Fsp3) is 0.474. The average molecular weight is 323 g/mol. The smallest absolute Gasteiger partial charge is 0.224 e. The lowest BCUT2D eigenvalue weighted by Gasteiger charge is -2.36. The van der Waals surface area contributed by atoms with Gasteiger partial charge in [0.05, 0.1) is 0 Å². The maximum Gasteiger partial charge on any atom is 0.224 e. The van der Waals surface area contributed by atoms with Crippen LogP contribution in [0.15, 0.2) is 42.6 Å². The summed E-state index contributed by atoms with van der Waals surface area (Å²) in [5, 5.41) is 3.50. The molecule has 1 aliphatic heterocycles. The number of nitrogens with one attached hydrogen (secondary N) is 1. The Morgan fingerprint density at radius 1 is 0.875 bits per heavy atom. The normalized spacial score (nSPS) is 18.8. The second-order valence-corrected chi connectivity index (χ2v) is 6.67. The molecule has 5 heteroatoms. The van der Waals surface area contributed by atoms with Crippen LogP contribution in [-0.2, 0) is 0 Å². The van der Waals surface area contributed by atoms with Crippen LogP contribution >= 0.6 is 0 Å². The summed E-state index contributed by atoms with van der Waals surface area (Å²) in [5.74, 6) is 1.82. The average Bonchev–Trinajstić information content (AvgIpc) is 3.16. The topological polar surface area (TPSA) is 44.3 Å². The summed E-state index contributed by atoms with van der Waals surface area (Å²) in [7, 11) is 0. The van der Waals surface area contributed by atoms with Crippen molar-refractivity contribution in [3.63, 3.8) is 0 Å². The maximum absolute atomic E-state index is 4.74. The van der Waals surface area contributed by atoms with E-state index in [-0.39, 0.29) is 0 Å². The van der Waals surface area contributed by atoms with Gasteiger partial charge in [-0.15, -0.1) is 0 Å². The van der Waals surface area contributed by atoms with E-state index in [1.807, 2.05) is 12.3 Å². The zero-order valence-electron chi connectivity index (χ0n) is 14.1. The molecule has 2 fully saturated rings. The van der Waals surface area contributed by atoms with Crippen LogP contribution in [0.3, 0.4) is 0 Å². The Kier molecular flexibility index (Phi) is 4.49. The molecule has 1 aromatic carbocycles. The van der Waals surface area contributed by atoms with Crippen LogP contribution < -0.4 is 15.1 Å². The number of hydrogen-bond acceptors (Lipinski definition) is 5. The summed E-state index contributed by atoms with van der Waals surface area (Å²) in [5.41, 5.74) is 1.31. The summed E-state index contributed by atoms with van der Waals surface area (Å²) in [6.07, 6.45) is 6.99. The third kappa shape index (κ3) is 3.45. The van der Waals surface area contributed by atoms with Crippen molar-refractivity contribution in [2.24, 2.45) is 0 Å². The Bertz CT molecular complexity index is 646. The zero-order chi connectivity index (χ0) is 16.2. The van der Waals surface area contributed by atoms with Crippen molar-refractivity contribution in [1.82, 2.24) is 9.97 Å². The molecule has 24 heavy (non-hydrogen) atoms. The Morgan fingerprint density at radius 2 is 1.58 bits per heavy atom. The van der Waals surface area contributed by atoms with Gasteiger partial charge in [0.25, 0.3) is 0 Å². The Morgan fingerprint density at radius 3 is 2.33 bits per heavy atom. The Balaban J connectivity index is 1.38. The summed E-state index contributed by atoms with van der Waals surface area (Å²) >= 11 is 0. The Labute approximate surface area is 143 Å². The molecule has 0 amide bonds. The van der Waals surface area contributed by atoms with Gasteiger partial charge >= 0.3 is 0 Å². The molecular weight excluding hydrogens is 298 g/mol. The van der Waals surface area contributed by atoms with Gasteiger partial charge in [-0.1, -0.05) is 31.0 Å². The highest BCUT2D eigenvalue weighted by molar-refractivity contribution is 5.50. The number of benzene rings is 1. The monoisotopic (exact) mass is 323 g/mol. The van der Waals surface area contributed by atoms with Crippen LogP contribution in [0.25, 0.3) is 0 Å². The maximum atomic E-state index is 4.74. The van der Waals surface area contributed by atoms with E-state index in [0.717, 1.165) is 37.9 Å². The summed E-state index contributed by atoms with van der Waals surface area (Å²) in [4.78, 5) is 13.9. The predicted octanol–water partition coefficient (Wildman–Crippen LogP) is 3.16. The fourth-order valence-electron chi connectivity index (χ4n) is 3.68. The van der Waals surface area contributed by atoms with Gasteiger partial charge in [-0.3, -0.25) is 0 Å². The Hall–Kier alpha value is -2.30. The molecule has 0 atom stereocenters. The summed E-state index contributed by atoms with van der Waals surface area (Å²) in [6.45, 7) is 4.04. The van der Waals surface area contributed by atoms with Crippen molar-refractivity contribution in [2.45, 2.75) is 31.7 Å². The van der Waals surface area contributed by atoms with Crippen LogP contribution in [-0.4, -0.2) is 42.2 Å². The van der Waals surface area contributed by atoms with Crippen LogP contribution in [0.1, 0.15) is 25.7 Å². The summed E-state index contributed by atoms with van der Waals surface area (Å²) < 4.78 is 0. The van der Waals surface area contributed by atoms with Crippen molar-refractivity contribution >= 4 is 17.5 Å². The number of piperazine rings is 1. The van der Waals surface area contributed by atoms with Crippen LogP contribution in [0.4, 0.5) is 17.5 Å². The van der Waals surface area contributed by atoms with Crippen molar-refractivity contribution in [3.8, 4) is 0 Å². The lowest BCUT2D eigenvalue weighted by molar-refractivity contribution is 0.646. The lowest BCUT2D eigenvalue weighted by Crippen LogP contribution is -2.46. The van der Waals surface area contributed by atoms with Crippen molar-refractivity contribution in [2.75, 3.05) is 41.3 Å². The van der Waals surface area contributed by atoms with Gasteiger partial charge in [-0.25, -0.2) is 4.98 Å². The fourth-order valence-corrected chi connectivity index (χ4v) is 3.68. The minimum atomic E-state index is 0.551. The van der Waals surface area contributed by atoms with Crippen molar-refractivity contribution in [1.29, 1.82) is 0 Å². The van der Waals surface area contributed by atoms with Gasteiger partial charge in [0.15, 0.2) is 0 Å². The van der Waals surface area contributed by atoms with E-state index in [2.05, 4.69) is 50.4 Å². The third-order valence-corrected chi connectivity index (χ3v) is 5.05. The number of para-hydroxylation sites is 1. The number of nitrogens with zero attached hydrogens (tertiary/aromatic N) is 4. The number of rotatable bonds is 4. The van der Waals surface area contributed by atoms with Crippen molar-refractivity contribution in [3.05, 3.63) is 42.6 Å². The number of hydrogen-bond donors (Lipinski definition) is 1. The van der Waals surface area contributed by atoms with Gasteiger partial charge in [-0.05, 0) is 31.0 Å². The molecule has 1 saturated carbocycles.